The Morgan fingerprint density at radius 2 is 1.85 bits per heavy atom. The van der Waals surface area contributed by atoms with Crippen molar-refractivity contribution < 1.29 is 27.1 Å². The number of halogens is 3. The molecule has 1 heterocycles. The summed E-state index contributed by atoms with van der Waals surface area (Å²) < 4.78 is 56.1. The van der Waals surface area contributed by atoms with Gasteiger partial charge in [0.2, 0.25) is 15.9 Å². The largest absolute Gasteiger partial charge is 0.478 e. The van der Waals surface area contributed by atoms with Crippen LogP contribution in [0.5, 0.6) is 0 Å². The molecule has 11 heteroatoms. The molecule has 1 fully saturated rings. The van der Waals surface area contributed by atoms with E-state index in [1.807, 2.05) is 0 Å². The van der Waals surface area contributed by atoms with Gasteiger partial charge < -0.3 is 10.4 Å². The van der Waals surface area contributed by atoms with E-state index in [-0.39, 0.29) is 34.7 Å². The normalized spacial score (nSPS) is 16.6. The second kappa shape index (κ2) is 8.85. The van der Waals surface area contributed by atoms with E-state index in [1.165, 1.54) is 18.2 Å². The predicted molar refractivity (Wildman–Crippen MR) is 121 cm³/mol. The van der Waals surface area contributed by atoms with Crippen LogP contribution in [0.1, 0.15) is 36.0 Å². The molecule has 0 atom stereocenters. The standard InChI is InChI=1S/C22H20ClF2N3O4S/c23-13-5-6-17-16(11-13)20(27-18-4-2-1-3-15(18)21(29)30)19(12-26-17)33(31,32)28-14-7-9-22(24,25)10-8-14/h1-6,11-12,14,28H,7-10H2,(H,26,27)(H,29,30). The topological polar surface area (TPSA) is 108 Å². The van der Waals surface area contributed by atoms with Crippen molar-refractivity contribution in [3.63, 3.8) is 0 Å². The zero-order valence-corrected chi connectivity index (χ0v) is 18.8. The summed E-state index contributed by atoms with van der Waals surface area (Å²) in [4.78, 5) is 15.6. The minimum Gasteiger partial charge on any atom is -0.478 e. The van der Waals surface area contributed by atoms with Gasteiger partial charge >= 0.3 is 5.97 Å². The van der Waals surface area contributed by atoms with Crippen LogP contribution >= 0.6 is 11.6 Å². The van der Waals surface area contributed by atoms with Crippen molar-refractivity contribution in [2.75, 3.05) is 5.32 Å². The maximum absolute atomic E-state index is 13.5. The number of benzene rings is 2. The van der Waals surface area contributed by atoms with Gasteiger partial charge in [0, 0.05) is 35.5 Å². The van der Waals surface area contributed by atoms with E-state index in [1.54, 1.807) is 24.3 Å². The SMILES string of the molecule is O=C(O)c1ccccc1Nc1c(S(=O)(=O)NC2CCC(F)(F)CC2)cnc2ccc(Cl)cc12. The van der Waals surface area contributed by atoms with Gasteiger partial charge in [0.25, 0.3) is 0 Å². The lowest BCUT2D eigenvalue weighted by Gasteiger charge is -2.29. The molecule has 33 heavy (non-hydrogen) atoms. The molecule has 0 aliphatic heterocycles. The van der Waals surface area contributed by atoms with Crippen molar-refractivity contribution >= 4 is 49.9 Å². The fraction of sp³-hybridized carbons (Fsp3) is 0.273. The lowest BCUT2D eigenvalue weighted by molar-refractivity contribution is -0.0387. The zero-order valence-electron chi connectivity index (χ0n) is 17.2. The van der Waals surface area contributed by atoms with Crippen molar-refractivity contribution in [2.24, 2.45) is 0 Å². The zero-order chi connectivity index (χ0) is 23.8. The minimum atomic E-state index is -4.20. The number of aromatic carboxylic acids is 1. The van der Waals surface area contributed by atoms with Gasteiger partial charge in [0.15, 0.2) is 0 Å². The Morgan fingerprint density at radius 1 is 1.15 bits per heavy atom. The highest BCUT2D eigenvalue weighted by molar-refractivity contribution is 7.89. The van der Waals surface area contributed by atoms with Crippen molar-refractivity contribution in [3.05, 3.63) is 59.2 Å². The number of aromatic nitrogens is 1. The first-order valence-corrected chi connectivity index (χ1v) is 12.0. The van der Waals surface area contributed by atoms with E-state index in [2.05, 4.69) is 15.0 Å². The quantitative estimate of drug-likeness (QED) is 0.434. The van der Waals surface area contributed by atoms with Gasteiger partial charge in [-0.05, 0) is 43.2 Å². The van der Waals surface area contributed by atoms with Crippen LogP contribution < -0.4 is 10.0 Å². The number of nitrogens with one attached hydrogen (secondary N) is 2. The number of rotatable bonds is 6. The number of sulfonamides is 1. The number of carboxylic acid groups (broad SMARTS) is 1. The Morgan fingerprint density at radius 3 is 2.55 bits per heavy atom. The van der Waals surface area contributed by atoms with Crippen LogP contribution in [-0.2, 0) is 10.0 Å². The number of para-hydroxylation sites is 1. The number of pyridine rings is 1. The molecule has 1 saturated carbocycles. The maximum atomic E-state index is 13.5. The summed E-state index contributed by atoms with van der Waals surface area (Å²) in [6.45, 7) is 0. The summed E-state index contributed by atoms with van der Waals surface area (Å²) in [5, 5.41) is 13.1. The van der Waals surface area contributed by atoms with Crippen molar-refractivity contribution in [2.45, 2.75) is 42.5 Å². The summed E-state index contributed by atoms with van der Waals surface area (Å²) in [7, 11) is -4.20. The van der Waals surface area contributed by atoms with Crippen LogP contribution in [0.4, 0.5) is 20.2 Å². The second-order valence-electron chi connectivity index (χ2n) is 7.89. The molecular weight excluding hydrogens is 476 g/mol. The molecule has 1 aromatic heterocycles. The van der Waals surface area contributed by atoms with E-state index in [0.29, 0.717) is 15.9 Å². The van der Waals surface area contributed by atoms with E-state index in [4.69, 9.17) is 11.6 Å². The Bertz CT molecular complexity index is 1320. The Hall–Kier alpha value is -2.82. The van der Waals surface area contributed by atoms with E-state index in [0.717, 1.165) is 6.20 Å². The third kappa shape index (κ3) is 5.07. The smallest absolute Gasteiger partial charge is 0.337 e. The summed E-state index contributed by atoms with van der Waals surface area (Å²) in [5.41, 5.74) is 0.636. The molecule has 1 aliphatic rings. The van der Waals surface area contributed by atoms with Crippen LogP contribution in [-0.4, -0.2) is 36.4 Å². The number of carbonyl (C=O) groups is 1. The average Bonchev–Trinajstić information content (AvgIpc) is 2.75. The first-order chi connectivity index (χ1) is 15.6. The first kappa shape index (κ1) is 23.3. The van der Waals surface area contributed by atoms with Crippen LogP contribution in [0.15, 0.2) is 53.6 Å². The van der Waals surface area contributed by atoms with Gasteiger partial charge in [-0.25, -0.2) is 26.7 Å². The number of hydrogen-bond donors (Lipinski definition) is 3. The van der Waals surface area contributed by atoms with E-state index >= 15 is 0 Å². The van der Waals surface area contributed by atoms with Gasteiger partial charge in [-0.3, -0.25) is 4.98 Å². The summed E-state index contributed by atoms with van der Waals surface area (Å²) >= 11 is 6.14. The molecular formula is C22H20ClF2N3O4S. The fourth-order valence-corrected chi connectivity index (χ4v) is 5.43. The van der Waals surface area contributed by atoms with Gasteiger partial charge in [-0.15, -0.1) is 0 Å². The first-order valence-electron chi connectivity index (χ1n) is 10.1. The number of fused-ring (bicyclic) bond motifs is 1. The number of nitrogens with zero attached hydrogens (tertiary/aromatic N) is 1. The highest BCUT2D eigenvalue weighted by Gasteiger charge is 2.37. The molecule has 2 aromatic carbocycles. The average molecular weight is 496 g/mol. The van der Waals surface area contributed by atoms with Gasteiger partial charge in [-0.1, -0.05) is 23.7 Å². The van der Waals surface area contributed by atoms with Gasteiger partial charge in [0.1, 0.15) is 4.90 Å². The third-order valence-corrected chi connectivity index (χ3v) is 7.31. The van der Waals surface area contributed by atoms with Crippen molar-refractivity contribution in [1.82, 2.24) is 9.71 Å². The Balaban J connectivity index is 1.79. The highest BCUT2D eigenvalue weighted by atomic mass is 35.5. The van der Waals surface area contributed by atoms with Crippen molar-refractivity contribution in [3.8, 4) is 0 Å². The molecule has 0 saturated heterocycles. The van der Waals surface area contributed by atoms with Crippen LogP contribution in [0.25, 0.3) is 10.9 Å². The molecule has 0 radical (unpaired) electrons. The number of carboxylic acids is 1. The molecule has 4 rings (SSSR count). The molecule has 3 aromatic rings. The fourth-order valence-electron chi connectivity index (χ4n) is 3.83. The molecule has 0 amide bonds. The van der Waals surface area contributed by atoms with Gasteiger partial charge in [0.05, 0.1) is 22.5 Å². The highest BCUT2D eigenvalue weighted by Crippen LogP contribution is 2.36. The van der Waals surface area contributed by atoms with Crippen LogP contribution in [0, 0.1) is 0 Å². The summed E-state index contributed by atoms with van der Waals surface area (Å²) in [6.07, 6.45) is 0.362. The summed E-state index contributed by atoms with van der Waals surface area (Å²) in [6, 6.07) is 10.1. The van der Waals surface area contributed by atoms with Crippen LogP contribution in [0.2, 0.25) is 5.02 Å². The number of alkyl halides is 2. The van der Waals surface area contributed by atoms with E-state index < -0.39 is 40.8 Å². The van der Waals surface area contributed by atoms with Crippen molar-refractivity contribution in [1.29, 1.82) is 0 Å². The maximum Gasteiger partial charge on any atom is 0.337 e. The molecule has 0 spiro atoms. The van der Waals surface area contributed by atoms with Gasteiger partial charge in [-0.2, -0.15) is 0 Å². The second-order valence-corrected chi connectivity index (χ2v) is 10.0. The third-order valence-electron chi connectivity index (χ3n) is 5.54. The Kier molecular flexibility index (Phi) is 6.26. The molecule has 7 nitrogen and oxygen atoms in total. The molecule has 0 bridgehead atoms. The molecule has 1 aliphatic carbocycles. The minimum absolute atomic E-state index is 0.00365. The summed E-state index contributed by atoms with van der Waals surface area (Å²) in [5.74, 6) is -3.99. The Labute approximate surface area is 193 Å². The molecule has 3 N–H and O–H groups in total. The number of anilines is 2. The van der Waals surface area contributed by atoms with E-state index in [9.17, 15) is 27.1 Å². The number of hydrogen-bond acceptors (Lipinski definition) is 5. The lowest BCUT2D eigenvalue weighted by atomic mass is 9.93. The molecule has 0 unspecified atom stereocenters. The van der Waals surface area contributed by atoms with Crippen LogP contribution in [0.3, 0.4) is 0 Å². The molecule has 174 valence electrons. The predicted octanol–water partition coefficient (Wildman–Crippen LogP) is 5.19. The lowest BCUT2D eigenvalue weighted by Crippen LogP contribution is -2.40. The monoisotopic (exact) mass is 495 g/mol.